The second kappa shape index (κ2) is 13.2. The monoisotopic (exact) mass is 296 g/mol. The zero-order valence-corrected chi connectivity index (χ0v) is 14.2. The van der Waals surface area contributed by atoms with E-state index in [1.165, 1.54) is 38.6 Å². The second-order valence-corrected chi connectivity index (χ2v) is 5.97. The first kappa shape index (κ1) is 18.6. The largest absolute Gasteiger partial charge is 0.317 e. The van der Waals surface area contributed by atoms with Crippen molar-refractivity contribution in [2.24, 2.45) is 10.9 Å². The molecule has 0 aromatic heterocycles. The zero-order valence-electron chi connectivity index (χ0n) is 14.2. The average molecular weight is 297 g/mol. The van der Waals surface area contributed by atoms with Crippen LogP contribution in [0.1, 0.15) is 52.4 Å². The van der Waals surface area contributed by atoms with Crippen molar-refractivity contribution in [3.05, 3.63) is 0 Å². The molecule has 0 bridgehead atoms. The Bertz CT molecular complexity index is 255. The first-order chi connectivity index (χ1) is 10.4. The molecule has 4 heteroatoms. The van der Waals surface area contributed by atoms with E-state index in [9.17, 15) is 0 Å². The summed E-state index contributed by atoms with van der Waals surface area (Å²) in [5, 5.41) is 10.7. The molecule has 1 rings (SSSR count). The van der Waals surface area contributed by atoms with Crippen LogP contribution in [0.2, 0.25) is 0 Å². The molecule has 21 heavy (non-hydrogen) atoms. The summed E-state index contributed by atoms with van der Waals surface area (Å²) in [7, 11) is 0. The molecule has 1 aliphatic rings. The zero-order chi connectivity index (χ0) is 15.2. The van der Waals surface area contributed by atoms with Gasteiger partial charge in [0.2, 0.25) is 0 Å². The lowest BCUT2D eigenvalue weighted by Gasteiger charge is -2.21. The lowest BCUT2D eigenvalue weighted by atomic mass is 9.99. The second-order valence-electron chi connectivity index (χ2n) is 5.97. The van der Waals surface area contributed by atoms with Gasteiger partial charge in [-0.05, 0) is 77.3 Å². The van der Waals surface area contributed by atoms with Gasteiger partial charge in [0, 0.05) is 19.1 Å². The summed E-state index contributed by atoms with van der Waals surface area (Å²) in [4.78, 5) is 4.27. The lowest BCUT2D eigenvalue weighted by Crippen LogP contribution is -2.35. The fraction of sp³-hybridized carbons (Fsp3) is 0.941. The smallest absolute Gasteiger partial charge is 0.0357 e. The molecule has 0 heterocycles. The van der Waals surface area contributed by atoms with Crippen LogP contribution in [0.3, 0.4) is 0 Å². The summed E-state index contributed by atoms with van der Waals surface area (Å²) in [6.07, 6.45) is 9.84. The molecule has 0 aromatic rings. The van der Waals surface area contributed by atoms with Crippen LogP contribution in [0.15, 0.2) is 4.99 Å². The summed E-state index contributed by atoms with van der Waals surface area (Å²) in [5.74, 6) is 0.870. The maximum Gasteiger partial charge on any atom is 0.0357 e. The molecule has 3 N–H and O–H groups in total. The fourth-order valence-corrected chi connectivity index (χ4v) is 3.13. The molecule has 0 aromatic carbocycles. The van der Waals surface area contributed by atoms with Crippen molar-refractivity contribution in [1.82, 2.24) is 16.0 Å². The molecule has 1 fully saturated rings. The van der Waals surface area contributed by atoms with Gasteiger partial charge < -0.3 is 16.0 Å². The number of rotatable bonds is 13. The molecule has 0 radical (unpaired) electrons. The van der Waals surface area contributed by atoms with Crippen LogP contribution in [0.4, 0.5) is 0 Å². The lowest BCUT2D eigenvalue weighted by molar-refractivity contribution is 0.375. The van der Waals surface area contributed by atoms with Crippen molar-refractivity contribution in [2.45, 2.75) is 58.4 Å². The minimum atomic E-state index is 0.739. The molecule has 1 aliphatic carbocycles. The highest BCUT2D eigenvalue weighted by molar-refractivity contribution is 5.57. The average Bonchev–Trinajstić information content (AvgIpc) is 2.94. The minimum Gasteiger partial charge on any atom is -0.317 e. The van der Waals surface area contributed by atoms with Gasteiger partial charge >= 0.3 is 0 Å². The Hall–Kier alpha value is -0.450. The molecule has 2 unspecified atom stereocenters. The molecule has 0 saturated heterocycles. The Balaban J connectivity index is 2.00. The maximum atomic E-state index is 4.27. The van der Waals surface area contributed by atoms with Crippen molar-refractivity contribution < 1.29 is 0 Å². The molecular weight excluding hydrogens is 260 g/mol. The van der Waals surface area contributed by atoms with Crippen LogP contribution >= 0.6 is 0 Å². The highest BCUT2D eigenvalue weighted by Crippen LogP contribution is 2.27. The van der Waals surface area contributed by atoms with Crippen molar-refractivity contribution in [3.8, 4) is 0 Å². The summed E-state index contributed by atoms with van der Waals surface area (Å²) >= 11 is 0. The predicted octanol–water partition coefficient (Wildman–Crippen LogP) is 2.20. The third kappa shape index (κ3) is 9.22. The van der Waals surface area contributed by atoms with Gasteiger partial charge in [-0.15, -0.1) is 0 Å². The van der Waals surface area contributed by atoms with E-state index in [4.69, 9.17) is 0 Å². The van der Waals surface area contributed by atoms with E-state index >= 15 is 0 Å². The third-order valence-electron chi connectivity index (χ3n) is 4.30. The number of hydrogen-bond acceptors (Lipinski definition) is 4. The molecule has 1 saturated carbocycles. The predicted molar refractivity (Wildman–Crippen MR) is 93.4 cm³/mol. The molecule has 124 valence electrons. The van der Waals surface area contributed by atoms with Crippen LogP contribution in [0.25, 0.3) is 0 Å². The van der Waals surface area contributed by atoms with Gasteiger partial charge in [-0.3, -0.25) is 4.99 Å². The van der Waals surface area contributed by atoms with Crippen LogP contribution in [-0.2, 0) is 0 Å². The first-order valence-electron chi connectivity index (χ1n) is 9.01. The summed E-state index contributed by atoms with van der Waals surface area (Å²) in [5.41, 5.74) is 0. The van der Waals surface area contributed by atoms with Crippen LogP contribution in [0, 0.1) is 5.92 Å². The van der Waals surface area contributed by atoms with E-state index in [1.54, 1.807) is 0 Å². The van der Waals surface area contributed by atoms with Crippen molar-refractivity contribution in [2.75, 3.05) is 39.3 Å². The quantitative estimate of drug-likeness (QED) is 0.361. The maximum absolute atomic E-state index is 4.27. The SMILES string of the molecule is CCN=CCCNC1CCCC1CCNCCCNCC. The Labute approximate surface area is 131 Å². The molecule has 0 spiro atoms. The number of aliphatic imine (C=N–C) groups is 1. The third-order valence-corrected chi connectivity index (χ3v) is 4.30. The van der Waals surface area contributed by atoms with Crippen molar-refractivity contribution in [3.63, 3.8) is 0 Å². The minimum absolute atomic E-state index is 0.739. The van der Waals surface area contributed by atoms with Crippen molar-refractivity contribution in [1.29, 1.82) is 0 Å². The van der Waals surface area contributed by atoms with Gasteiger partial charge in [0.25, 0.3) is 0 Å². The van der Waals surface area contributed by atoms with Crippen molar-refractivity contribution >= 4 is 6.21 Å². The molecule has 0 amide bonds. The van der Waals surface area contributed by atoms with Gasteiger partial charge in [0.05, 0.1) is 0 Å². The fourth-order valence-electron chi connectivity index (χ4n) is 3.13. The van der Waals surface area contributed by atoms with E-state index in [-0.39, 0.29) is 0 Å². The summed E-state index contributed by atoms with van der Waals surface area (Å²) in [6.45, 7) is 10.8. The molecular formula is C17H36N4. The molecule has 2 atom stereocenters. The standard InChI is InChI=1S/C17H36N4/c1-3-18-11-6-13-20-15-10-16-8-5-9-17(16)21-14-7-12-19-4-2/h12,16-18,20-21H,3-11,13-15H2,1-2H3. The van der Waals surface area contributed by atoms with Gasteiger partial charge in [0.15, 0.2) is 0 Å². The Morgan fingerprint density at radius 3 is 2.71 bits per heavy atom. The van der Waals surface area contributed by atoms with Crippen LogP contribution in [-0.4, -0.2) is 51.5 Å². The van der Waals surface area contributed by atoms with E-state index in [1.807, 2.05) is 0 Å². The number of nitrogens with zero attached hydrogens (tertiary/aromatic N) is 1. The summed E-state index contributed by atoms with van der Waals surface area (Å²) in [6, 6.07) is 0.739. The first-order valence-corrected chi connectivity index (χ1v) is 9.01. The van der Waals surface area contributed by atoms with Crippen LogP contribution in [0.5, 0.6) is 0 Å². The van der Waals surface area contributed by atoms with Crippen LogP contribution < -0.4 is 16.0 Å². The topological polar surface area (TPSA) is 48.5 Å². The normalized spacial score (nSPS) is 22.4. The van der Waals surface area contributed by atoms with E-state index in [0.717, 1.165) is 51.1 Å². The van der Waals surface area contributed by atoms with Gasteiger partial charge in [-0.25, -0.2) is 0 Å². The van der Waals surface area contributed by atoms with Gasteiger partial charge in [0.1, 0.15) is 0 Å². The molecule has 4 nitrogen and oxygen atoms in total. The number of nitrogens with one attached hydrogen (secondary N) is 3. The van der Waals surface area contributed by atoms with Gasteiger partial charge in [-0.2, -0.15) is 0 Å². The van der Waals surface area contributed by atoms with Gasteiger partial charge in [-0.1, -0.05) is 13.3 Å². The van der Waals surface area contributed by atoms with E-state index in [2.05, 4.69) is 41.0 Å². The molecule has 0 aliphatic heterocycles. The number of hydrogen-bond donors (Lipinski definition) is 3. The highest BCUT2D eigenvalue weighted by Gasteiger charge is 2.25. The Morgan fingerprint density at radius 1 is 1.05 bits per heavy atom. The Kier molecular flexibility index (Phi) is 11.7. The Morgan fingerprint density at radius 2 is 1.90 bits per heavy atom. The highest BCUT2D eigenvalue weighted by atomic mass is 14.9. The summed E-state index contributed by atoms with van der Waals surface area (Å²) < 4.78 is 0. The van der Waals surface area contributed by atoms with E-state index < -0.39 is 0 Å². The van der Waals surface area contributed by atoms with E-state index in [0.29, 0.717) is 0 Å².